The Labute approximate surface area is 101 Å². The van der Waals surface area contributed by atoms with Crippen molar-refractivity contribution in [3.05, 3.63) is 23.3 Å². The molecule has 2 bridgehead atoms. The molecule has 0 radical (unpaired) electrons. The summed E-state index contributed by atoms with van der Waals surface area (Å²) in [5.41, 5.74) is 2.52. The van der Waals surface area contributed by atoms with E-state index in [1.165, 1.54) is 17.5 Å². The van der Waals surface area contributed by atoms with Gasteiger partial charge in [0.25, 0.3) is 0 Å². The quantitative estimate of drug-likeness (QED) is 0.854. The molecule has 92 valence electrons. The van der Waals surface area contributed by atoms with Crippen LogP contribution in [0.5, 0.6) is 11.5 Å². The van der Waals surface area contributed by atoms with E-state index in [0.29, 0.717) is 11.8 Å². The molecule has 0 saturated heterocycles. The van der Waals surface area contributed by atoms with Crippen LogP contribution in [-0.2, 0) is 0 Å². The summed E-state index contributed by atoms with van der Waals surface area (Å²) < 4.78 is 10.7. The van der Waals surface area contributed by atoms with E-state index < -0.39 is 0 Å². The minimum Gasteiger partial charge on any atom is -0.493 e. The molecular formula is C14H18O3. The van der Waals surface area contributed by atoms with E-state index in [1.807, 2.05) is 12.1 Å². The lowest BCUT2D eigenvalue weighted by Crippen LogP contribution is -2.22. The van der Waals surface area contributed by atoms with Gasteiger partial charge in [-0.3, -0.25) is 0 Å². The van der Waals surface area contributed by atoms with Crippen LogP contribution in [0.1, 0.15) is 42.2 Å². The summed E-state index contributed by atoms with van der Waals surface area (Å²) in [7, 11) is 3.31. The second kappa shape index (κ2) is 3.91. The Hall–Kier alpha value is -1.22. The number of aliphatic hydroxyl groups excluding tert-OH is 1. The van der Waals surface area contributed by atoms with Gasteiger partial charge in [0.15, 0.2) is 11.5 Å². The third-order valence-corrected chi connectivity index (χ3v) is 4.24. The number of fused-ring (bicyclic) bond motifs is 5. The lowest BCUT2D eigenvalue weighted by atomic mass is 9.84. The van der Waals surface area contributed by atoms with Gasteiger partial charge in [0.1, 0.15) is 0 Å². The molecule has 3 rings (SSSR count). The SMILES string of the molecule is COc1cc2c(cc1OC)C1CCCC2C1O. The molecule has 2 atom stereocenters. The van der Waals surface area contributed by atoms with Gasteiger partial charge in [0, 0.05) is 11.8 Å². The van der Waals surface area contributed by atoms with Crippen molar-refractivity contribution in [1.29, 1.82) is 0 Å². The maximum atomic E-state index is 10.3. The van der Waals surface area contributed by atoms with E-state index in [1.54, 1.807) is 14.2 Å². The fourth-order valence-corrected chi connectivity index (χ4v) is 3.41. The van der Waals surface area contributed by atoms with Gasteiger partial charge >= 0.3 is 0 Å². The molecule has 2 aliphatic carbocycles. The number of methoxy groups -OCH3 is 2. The van der Waals surface area contributed by atoms with Crippen LogP contribution in [0.2, 0.25) is 0 Å². The van der Waals surface area contributed by atoms with Gasteiger partial charge in [-0.25, -0.2) is 0 Å². The molecule has 1 aromatic rings. The molecule has 1 saturated carbocycles. The first-order chi connectivity index (χ1) is 8.26. The average Bonchev–Trinajstić information content (AvgIpc) is 2.53. The number of hydrogen-bond acceptors (Lipinski definition) is 3. The highest BCUT2D eigenvalue weighted by molar-refractivity contribution is 5.53. The number of aliphatic hydroxyl groups is 1. The third kappa shape index (κ3) is 1.45. The van der Waals surface area contributed by atoms with Crippen molar-refractivity contribution in [1.82, 2.24) is 0 Å². The maximum Gasteiger partial charge on any atom is 0.161 e. The molecular weight excluding hydrogens is 216 g/mol. The van der Waals surface area contributed by atoms with Crippen molar-refractivity contribution < 1.29 is 14.6 Å². The standard InChI is InChI=1S/C14H18O3/c1-16-12-6-10-8-4-3-5-9(14(8)15)11(10)7-13(12)17-2/h6-9,14-15H,3-5H2,1-2H3. The second-order valence-corrected chi connectivity index (χ2v) is 4.97. The molecule has 2 unspecified atom stereocenters. The molecule has 3 nitrogen and oxygen atoms in total. The summed E-state index contributed by atoms with van der Waals surface area (Å²) in [4.78, 5) is 0. The van der Waals surface area contributed by atoms with Crippen LogP contribution in [0.25, 0.3) is 0 Å². The highest BCUT2D eigenvalue weighted by atomic mass is 16.5. The van der Waals surface area contributed by atoms with Crippen LogP contribution in [0.3, 0.4) is 0 Å². The first-order valence-corrected chi connectivity index (χ1v) is 6.20. The van der Waals surface area contributed by atoms with Gasteiger partial charge in [-0.2, -0.15) is 0 Å². The Morgan fingerprint density at radius 3 is 1.88 bits per heavy atom. The molecule has 2 aliphatic rings. The smallest absolute Gasteiger partial charge is 0.161 e. The van der Waals surface area contributed by atoms with E-state index in [0.717, 1.165) is 24.3 Å². The van der Waals surface area contributed by atoms with Gasteiger partial charge in [0.05, 0.1) is 20.3 Å². The molecule has 3 heteroatoms. The third-order valence-electron chi connectivity index (χ3n) is 4.24. The Bertz CT molecular complexity index is 402. The van der Waals surface area contributed by atoms with Crippen LogP contribution in [-0.4, -0.2) is 25.4 Å². The molecule has 0 spiro atoms. The zero-order valence-electron chi connectivity index (χ0n) is 10.3. The molecule has 1 N–H and O–H groups in total. The van der Waals surface area contributed by atoms with Crippen molar-refractivity contribution in [2.24, 2.45) is 0 Å². The largest absolute Gasteiger partial charge is 0.493 e. The second-order valence-electron chi connectivity index (χ2n) is 4.97. The number of hydrogen-bond donors (Lipinski definition) is 1. The van der Waals surface area contributed by atoms with Gasteiger partial charge in [0.2, 0.25) is 0 Å². The van der Waals surface area contributed by atoms with Crippen LogP contribution in [0.15, 0.2) is 12.1 Å². The van der Waals surface area contributed by atoms with E-state index in [4.69, 9.17) is 9.47 Å². The van der Waals surface area contributed by atoms with Gasteiger partial charge in [-0.1, -0.05) is 6.42 Å². The van der Waals surface area contributed by atoms with Gasteiger partial charge < -0.3 is 14.6 Å². The summed E-state index contributed by atoms with van der Waals surface area (Å²) in [6.07, 6.45) is 3.15. The summed E-state index contributed by atoms with van der Waals surface area (Å²) in [5.74, 6) is 2.13. The summed E-state index contributed by atoms with van der Waals surface area (Å²) in [5, 5.41) is 10.3. The van der Waals surface area contributed by atoms with Crippen LogP contribution < -0.4 is 9.47 Å². The van der Waals surface area contributed by atoms with Crippen molar-refractivity contribution in [2.75, 3.05) is 14.2 Å². The average molecular weight is 234 g/mol. The van der Waals surface area contributed by atoms with Crippen molar-refractivity contribution in [3.8, 4) is 11.5 Å². The zero-order valence-corrected chi connectivity index (χ0v) is 10.3. The van der Waals surface area contributed by atoms with Crippen LogP contribution in [0, 0.1) is 0 Å². The monoisotopic (exact) mass is 234 g/mol. The maximum absolute atomic E-state index is 10.3. The minimum absolute atomic E-state index is 0.212. The predicted octanol–water partition coefficient (Wildman–Crippen LogP) is 2.43. The topological polar surface area (TPSA) is 38.7 Å². The van der Waals surface area contributed by atoms with E-state index in [-0.39, 0.29) is 6.10 Å². The Morgan fingerprint density at radius 1 is 1.00 bits per heavy atom. The molecule has 0 aliphatic heterocycles. The first kappa shape index (κ1) is 10.9. The fraction of sp³-hybridized carbons (Fsp3) is 0.571. The predicted molar refractivity (Wildman–Crippen MR) is 64.9 cm³/mol. The summed E-state index contributed by atoms with van der Waals surface area (Å²) in [6.45, 7) is 0. The molecule has 17 heavy (non-hydrogen) atoms. The Kier molecular flexibility index (Phi) is 2.51. The molecule has 1 aromatic carbocycles. The lowest BCUT2D eigenvalue weighted by Gasteiger charge is -2.25. The van der Waals surface area contributed by atoms with Crippen molar-refractivity contribution >= 4 is 0 Å². The Balaban J connectivity index is 2.13. The highest BCUT2D eigenvalue weighted by Gasteiger charge is 2.42. The molecule has 0 heterocycles. The van der Waals surface area contributed by atoms with Crippen molar-refractivity contribution in [3.63, 3.8) is 0 Å². The minimum atomic E-state index is -0.212. The van der Waals surface area contributed by atoms with E-state index in [2.05, 4.69) is 0 Å². The van der Waals surface area contributed by atoms with Gasteiger partial charge in [-0.15, -0.1) is 0 Å². The van der Waals surface area contributed by atoms with Crippen LogP contribution in [0.4, 0.5) is 0 Å². The normalized spacial score (nSPS) is 29.9. The molecule has 1 fully saturated rings. The lowest BCUT2D eigenvalue weighted by molar-refractivity contribution is 0.1000. The fourth-order valence-electron chi connectivity index (χ4n) is 3.41. The number of benzene rings is 1. The summed E-state index contributed by atoms with van der Waals surface area (Å²) >= 11 is 0. The molecule has 0 aromatic heterocycles. The van der Waals surface area contributed by atoms with E-state index >= 15 is 0 Å². The zero-order chi connectivity index (χ0) is 12.0. The highest BCUT2D eigenvalue weighted by Crippen LogP contribution is 2.53. The summed E-state index contributed by atoms with van der Waals surface area (Å²) in [6, 6.07) is 4.10. The van der Waals surface area contributed by atoms with E-state index in [9.17, 15) is 5.11 Å². The number of rotatable bonds is 2. The number of ether oxygens (including phenoxy) is 2. The first-order valence-electron chi connectivity index (χ1n) is 6.20. The van der Waals surface area contributed by atoms with Gasteiger partial charge in [-0.05, 0) is 36.1 Å². The Morgan fingerprint density at radius 2 is 1.47 bits per heavy atom. The van der Waals surface area contributed by atoms with Crippen molar-refractivity contribution in [2.45, 2.75) is 37.2 Å². The molecule has 0 amide bonds. The van der Waals surface area contributed by atoms with Crippen LogP contribution >= 0.6 is 0 Å².